The molecule has 0 fully saturated rings. The molecule has 0 radical (unpaired) electrons. The van der Waals surface area contributed by atoms with Crippen molar-refractivity contribution in [2.75, 3.05) is 6.61 Å². The summed E-state index contributed by atoms with van der Waals surface area (Å²) in [6, 6.07) is 12.1. The van der Waals surface area contributed by atoms with Crippen LogP contribution in [0.1, 0.15) is 16.2 Å². The Balaban J connectivity index is 1.81. The number of hydrogen-bond acceptors (Lipinski definition) is 5. The topological polar surface area (TPSA) is 99.0 Å². The Morgan fingerprint density at radius 1 is 1.35 bits per heavy atom. The third kappa shape index (κ3) is 3.50. The molecule has 0 aliphatic rings. The molecule has 130 valence electrons. The second kappa shape index (κ2) is 7.25. The molecule has 3 rings (SSSR count). The number of aromatic amines is 1. The number of imidazole rings is 1. The molecule has 26 heavy (non-hydrogen) atoms. The number of para-hydroxylation sites is 2. The number of nitrogens with zero attached hydrogens (tertiary/aromatic N) is 2. The monoisotopic (exact) mass is 371 g/mol. The van der Waals surface area contributed by atoms with E-state index >= 15 is 0 Å². The number of esters is 1. The van der Waals surface area contributed by atoms with E-state index in [1.165, 1.54) is 6.07 Å². The van der Waals surface area contributed by atoms with Crippen LogP contribution >= 0.6 is 11.6 Å². The van der Waals surface area contributed by atoms with Crippen molar-refractivity contribution < 1.29 is 19.0 Å². The first-order valence-electron chi connectivity index (χ1n) is 7.39. The van der Waals surface area contributed by atoms with Gasteiger partial charge < -0.3 is 14.8 Å². The molecule has 0 saturated carbocycles. The van der Waals surface area contributed by atoms with E-state index in [2.05, 4.69) is 9.97 Å². The highest BCUT2D eigenvalue weighted by molar-refractivity contribution is 6.33. The maximum atomic E-state index is 13.0. The van der Waals surface area contributed by atoms with Crippen molar-refractivity contribution in [1.82, 2.24) is 9.97 Å². The van der Waals surface area contributed by atoms with E-state index in [4.69, 9.17) is 16.3 Å². The van der Waals surface area contributed by atoms with E-state index in [0.29, 0.717) is 11.0 Å². The van der Waals surface area contributed by atoms with Crippen LogP contribution in [0.15, 0.2) is 48.2 Å². The molecule has 6 nitrogen and oxygen atoms in total. The number of rotatable bonds is 4. The fraction of sp³-hybridized carbons (Fsp3) is 0.0556. The number of aliphatic hydroxyl groups is 1. The number of halogens is 2. The molecule has 2 N–H and O–H groups in total. The van der Waals surface area contributed by atoms with Crippen molar-refractivity contribution in [2.24, 2.45) is 0 Å². The van der Waals surface area contributed by atoms with Crippen molar-refractivity contribution in [3.63, 3.8) is 0 Å². The average Bonchev–Trinajstić information content (AvgIpc) is 3.04. The molecule has 0 aliphatic carbocycles. The molecule has 3 aromatic rings. The summed E-state index contributed by atoms with van der Waals surface area (Å²) >= 11 is 5.79. The normalized spacial score (nSPS) is 11.7. The van der Waals surface area contributed by atoms with E-state index in [9.17, 15) is 19.6 Å². The van der Waals surface area contributed by atoms with Gasteiger partial charge in [-0.2, -0.15) is 5.26 Å². The maximum absolute atomic E-state index is 13.0. The summed E-state index contributed by atoms with van der Waals surface area (Å²) in [6.07, 6.45) is 0. The number of nitrogens with one attached hydrogen (secondary N) is 1. The van der Waals surface area contributed by atoms with Gasteiger partial charge in [-0.1, -0.05) is 23.7 Å². The van der Waals surface area contributed by atoms with Crippen LogP contribution in [0.3, 0.4) is 0 Å². The molecule has 0 saturated heterocycles. The fourth-order valence-electron chi connectivity index (χ4n) is 2.26. The number of hydrogen-bond donors (Lipinski definition) is 2. The Morgan fingerprint density at radius 3 is 2.81 bits per heavy atom. The molecule has 0 bridgehead atoms. The molecule has 1 heterocycles. The standard InChI is InChI=1S/C18H11ClFN3O3/c19-13-7-10(20)5-6-11(13)18(25)26-9-16(24)12(8-21)17-22-14-3-1-2-4-15(14)23-17/h1-7,24H,9H2,(H,22,23). The third-order valence-electron chi connectivity index (χ3n) is 3.52. The summed E-state index contributed by atoms with van der Waals surface area (Å²) in [5.74, 6) is -1.77. The zero-order valence-corrected chi connectivity index (χ0v) is 13.9. The molecule has 1 aromatic heterocycles. The Morgan fingerprint density at radius 2 is 2.12 bits per heavy atom. The predicted molar refractivity (Wildman–Crippen MR) is 92.9 cm³/mol. The lowest BCUT2D eigenvalue weighted by atomic mass is 10.2. The molecular formula is C18H11ClFN3O3. The molecule has 0 atom stereocenters. The van der Waals surface area contributed by atoms with Crippen LogP contribution < -0.4 is 0 Å². The van der Waals surface area contributed by atoms with Crippen LogP contribution in [0, 0.1) is 17.1 Å². The largest absolute Gasteiger partial charge is 0.507 e. The number of fused-ring (bicyclic) bond motifs is 1. The van der Waals surface area contributed by atoms with Gasteiger partial charge in [0.1, 0.15) is 24.1 Å². The average molecular weight is 372 g/mol. The minimum atomic E-state index is -0.858. The highest BCUT2D eigenvalue weighted by Gasteiger charge is 2.17. The van der Waals surface area contributed by atoms with Crippen molar-refractivity contribution in [3.8, 4) is 6.07 Å². The highest BCUT2D eigenvalue weighted by atomic mass is 35.5. The fourth-order valence-corrected chi connectivity index (χ4v) is 2.51. The summed E-state index contributed by atoms with van der Waals surface area (Å²) in [6.45, 7) is -0.563. The Hall–Kier alpha value is -3.37. The van der Waals surface area contributed by atoms with Crippen LogP contribution in [-0.4, -0.2) is 27.7 Å². The molecule has 0 amide bonds. The van der Waals surface area contributed by atoms with Gasteiger partial charge in [-0.3, -0.25) is 0 Å². The van der Waals surface area contributed by atoms with Gasteiger partial charge in [0.25, 0.3) is 0 Å². The van der Waals surface area contributed by atoms with E-state index in [1.807, 2.05) is 6.07 Å². The van der Waals surface area contributed by atoms with E-state index in [-0.39, 0.29) is 22.0 Å². The number of aliphatic hydroxyl groups excluding tert-OH is 1. The number of aromatic nitrogens is 2. The van der Waals surface area contributed by atoms with E-state index in [1.54, 1.807) is 24.3 Å². The zero-order chi connectivity index (χ0) is 18.7. The number of carbonyl (C=O) groups is 1. The van der Waals surface area contributed by atoms with Gasteiger partial charge in [0.15, 0.2) is 11.6 Å². The van der Waals surface area contributed by atoms with Crippen LogP contribution in [0.2, 0.25) is 5.02 Å². The summed E-state index contributed by atoms with van der Waals surface area (Å²) < 4.78 is 18.0. The quantitative estimate of drug-likeness (QED) is 0.410. The molecule has 0 aliphatic heterocycles. The summed E-state index contributed by atoms with van der Waals surface area (Å²) in [7, 11) is 0. The van der Waals surface area contributed by atoms with Gasteiger partial charge in [-0.05, 0) is 30.3 Å². The van der Waals surface area contributed by atoms with Gasteiger partial charge >= 0.3 is 5.97 Å². The third-order valence-corrected chi connectivity index (χ3v) is 3.83. The number of allylic oxidation sites excluding steroid dienone is 1. The van der Waals surface area contributed by atoms with E-state index in [0.717, 1.165) is 12.1 Å². The lowest BCUT2D eigenvalue weighted by Crippen LogP contribution is -2.10. The minimum Gasteiger partial charge on any atom is -0.507 e. The molecular weight excluding hydrogens is 361 g/mol. The van der Waals surface area contributed by atoms with Crippen LogP contribution in [-0.2, 0) is 4.74 Å². The van der Waals surface area contributed by atoms with Crippen molar-refractivity contribution in [1.29, 1.82) is 5.26 Å². The van der Waals surface area contributed by atoms with Crippen LogP contribution in [0.25, 0.3) is 16.6 Å². The second-order valence-corrected chi connectivity index (χ2v) is 5.64. The Bertz CT molecular complexity index is 1040. The summed E-state index contributed by atoms with van der Waals surface area (Å²) in [5, 5.41) is 19.3. The van der Waals surface area contributed by atoms with Gasteiger partial charge in [0.05, 0.1) is 21.6 Å². The number of H-pyrrole nitrogens is 1. The van der Waals surface area contributed by atoms with Crippen molar-refractivity contribution >= 4 is 34.2 Å². The lowest BCUT2D eigenvalue weighted by Gasteiger charge is -2.07. The summed E-state index contributed by atoms with van der Waals surface area (Å²) in [5.41, 5.74) is 1.11. The van der Waals surface area contributed by atoms with Gasteiger partial charge in [0.2, 0.25) is 0 Å². The first-order valence-corrected chi connectivity index (χ1v) is 7.77. The number of benzene rings is 2. The number of ether oxygens (including phenoxy) is 1. The minimum absolute atomic E-state index is 0.0527. The molecule has 0 unspecified atom stereocenters. The van der Waals surface area contributed by atoms with E-state index < -0.39 is 24.2 Å². The number of nitriles is 1. The maximum Gasteiger partial charge on any atom is 0.340 e. The highest BCUT2D eigenvalue weighted by Crippen LogP contribution is 2.21. The van der Waals surface area contributed by atoms with Crippen LogP contribution in [0.5, 0.6) is 0 Å². The van der Waals surface area contributed by atoms with Gasteiger partial charge in [-0.15, -0.1) is 0 Å². The van der Waals surface area contributed by atoms with Gasteiger partial charge in [-0.25, -0.2) is 14.2 Å². The first kappa shape index (κ1) is 17.5. The SMILES string of the molecule is N#CC(=C(O)COC(=O)c1ccc(F)cc1Cl)c1nc2ccccc2[nH]1. The predicted octanol–water partition coefficient (Wildman–Crippen LogP) is 4.01. The second-order valence-electron chi connectivity index (χ2n) is 5.24. The first-order chi connectivity index (χ1) is 12.5. The Kier molecular flexibility index (Phi) is 4.87. The van der Waals surface area contributed by atoms with Crippen molar-refractivity contribution in [3.05, 3.63) is 70.5 Å². The zero-order valence-electron chi connectivity index (χ0n) is 13.2. The molecule has 8 heteroatoms. The summed E-state index contributed by atoms with van der Waals surface area (Å²) in [4.78, 5) is 19.1. The van der Waals surface area contributed by atoms with Crippen LogP contribution in [0.4, 0.5) is 4.39 Å². The molecule has 0 spiro atoms. The van der Waals surface area contributed by atoms with Gasteiger partial charge in [0, 0.05) is 0 Å². The number of carbonyl (C=O) groups excluding carboxylic acids is 1. The Labute approximate surface area is 152 Å². The smallest absolute Gasteiger partial charge is 0.340 e. The lowest BCUT2D eigenvalue weighted by molar-refractivity contribution is 0.0503. The van der Waals surface area contributed by atoms with Crippen molar-refractivity contribution in [2.45, 2.75) is 0 Å². The molecule has 2 aromatic carbocycles.